The summed E-state index contributed by atoms with van der Waals surface area (Å²) in [5.74, 6) is 0. The van der Waals surface area contributed by atoms with E-state index in [-0.39, 0.29) is 5.54 Å². The minimum Gasteiger partial charge on any atom is -0.376 e. The Bertz CT molecular complexity index is 214. The molecule has 1 heterocycles. The zero-order valence-corrected chi connectivity index (χ0v) is 10.0. The zero-order valence-electron chi connectivity index (χ0n) is 10.0. The zero-order chi connectivity index (χ0) is 10.9. The van der Waals surface area contributed by atoms with Gasteiger partial charge in [0.2, 0.25) is 0 Å². The molecule has 3 heteroatoms. The number of nitrogens with zero attached hydrogens (tertiary/aromatic N) is 1. The molecule has 0 aromatic rings. The van der Waals surface area contributed by atoms with Crippen LogP contribution in [-0.2, 0) is 4.74 Å². The van der Waals surface area contributed by atoms with Crippen LogP contribution in [-0.4, -0.2) is 42.3 Å². The van der Waals surface area contributed by atoms with Gasteiger partial charge in [-0.15, -0.1) is 0 Å². The van der Waals surface area contributed by atoms with Crippen LogP contribution in [0.2, 0.25) is 0 Å². The van der Waals surface area contributed by atoms with Crippen LogP contribution in [0.15, 0.2) is 0 Å². The van der Waals surface area contributed by atoms with Crippen LogP contribution in [0.5, 0.6) is 0 Å². The van der Waals surface area contributed by atoms with E-state index in [1.54, 1.807) is 0 Å². The van der Waals surface area contributed by atoms with Crippen molar-refractivity contribution in [3.05, 3.63) is 0 Å². The van der Waals surface area contributed by atoms with Gasteiger partial charge in [-0.2, -0.15) is 0 Å². The number of ether oxygens (including phenoxy) is 1. The largest absolute Gasteiger partial charge is 0.376 e. The minimum atomic E-state index is 0.0886. The topological polar surface area (TPSA) is 38.5 Å². The van der Waals surface area contributed by atoms with Crippen molar-refractivity contribution < 1.29 is 4.74 Å². The van der Waals surface area contributed by atoms with Gasteiger partial charge in [0, 0.05) is 24.7 Å². The maximum absolute atomic E-state index is 6.42. The average Bonchev–Trinajstić information content (AvgIpc) is 2.59. The maximum Gasteiger partial charge on any atom is 0.0674 e. The second-order valence-electron chi connectivity index (χ2n) is 5.49. The summed E-state index contributed by atoms with van der Waals surface area (Å²) in [5.41, 5.74) is 6.50. The molecule has 0 bridgehead atoms. The average molecular weight is 212 g/mol. The van der Waals surface area contributed by atoms with E-state index in [2.05, 4.69) is 18.7 Å². The molecule has 0 spiro atoms. The number of hydrogen-bond acceptors (Lipinski definition) is 3. The van der Waals surface area contributed by atoms with E-state index in [0.717, 1.165) is 19.7 Å². The van der Waals surface area contributed by atoms with Crippen molar-refractivity contribution in [2.24, 2.45) is 5.73 Å². The highest BCUT2D eigenvalue weighted by Crippen LogP contribution is 2.29. The summed E-state index contributed by atoms with van der Waals surface area (Å²) in [6, 6.07) is 0.530. The second kappa shape index (κ2) is 4.40. The molecule has 2 N–H and O–H groups in total. The first-order valence-electron chi connectivity index (χ1n) is 6.24. The van der Waals surface area contributed by atoms with Crippen molar-refractivity contribution in [1.82, 2.24) is 4.90 Å². The monoisotopic (exact) mass is 212 g/mol. The summed E-state index contributed by atoms with van der Waals surface area (Å²) in [5, 5.41) is 0. The van der Waals surface area contributed by atoms with Gasteiger partial charge in [0.25, 0.3) is 0 Å². The van der Waals surface area contributed by atoms with Crippen LogP contribution in [0.1, 0.15) is 39.5 Å². The Morgan fingerprint density at radius 2 is 2.00 bits per heavy atom. The molecule has 1 saturated heterocycles. The predicted octanol–water partition coefficient (Wildman–Crippen LogP) is 1.37. The fraction of sp³-hybridized carbons (Fsp3) is 1.00. The Labute approximate surface area is 93.0 Å². The Morgan fingerprint density at radius 3 is 2.67 bits per heavy atom. The van der Waals surface area contributed by atoms with Crippen molar-refractivity contribution in [3.63, 3.8) is 0 Å². The standard InChI is InChI=1S/C12H24N2O/c1-10-8-15-11(2)7-14(10)9-12(13)5-3-4-6-12/h10-11H,3-9,13H2,1-2H3. The van der Waals surface area contributed by atoms with Gasteiger partial charge in [0.15, 0.2) is 0 Å². The van der Waals surface area contributed by atoms with Crippen molar-refractivity contribution >= 4 is 0 Å². The third-order valence-electron chi connectivity index (χ3n) is 3.85. The summed E-state index contributed by atoms with van der Waals surface area (Å²) in [6.45, 7) is 7.35. The normalized spacial score (nSPS) is 37.0. The highest BCUT2D eigenvalue weighted by atomic mass is 16.5. The molecular weight excluding hydrogens is 188 g/mol. The van der Waals surface area contributed by atoms with E-state index in [1.807, 2.05) is 0 Å². The van der Waals surface area contributed by atoms with Crippen molar-refractivity contribution in [2.75, 3.05) is 19.7 Å². The van der Waals surface area contributed by atoms with Crippen LogP contribution in [0, 0.1) is 0 Å². The van der Waals surface area contributed by atoms with Gasteiger partial charge < -0.3 is 10.5 Å². The lowest BCUT2D eigenvalue weighted by atomic mass is 9.97. The molecule has 2 fully saturated rings. The van der Waals surface area contributed by atoms with Crippen LogP contribution >= 0.6 is 0 Å². The van der Waals surface area contributed by atoms with Crippen molar-refractivity contribution in [2.45, 2.75) is 57.2 Å². The molecule has 2 unspecified atom stereocenters. The molecule has 88 valence electrons. The van der Waals surface area contributed by atoms with Crippen LogP contribution in [0.3, 0.4) is 0 Å². The predicted molar refractivity (Wildman–Crippen MR) is 61.8 cm³/mol. The van der Waals surface area contributed by atoms with Gasteiger partial charge in [-0.3, -0.25) is 4.90 Å². The first-order chi connectivity index (χ1) is 7.09. The molecule has 0 aromatic heterocycles. The van der Waals surface area contributed by atoms with E-state index in [1.165, 1.54) is 25.7 Å². The number of morpholine rings is 1. The first-order valence-corrected chi connectivity index (χ1v) is 6.24. The molecule has 0 amide bonds. The summed E-state index contributed by atoms with van der Waals surface area (Å²) in [6.07, 6.45) is 5.39. The third-order valence-corrected chi connectivity index (χ3v) is 3.85. The van der Waals surface area contributed by atoms with E-state index < -0.39 is 0 Å². The molecule has 1 saturated carbocycles. The Morgan fingerprint density at radius 1 is 1.33 bits per heavy atom. The Balaban J connectivity index is 1.91. The van der Waals surface area contributed by atoms with E-state index in [0.29, 0.717) is 12.1 Å². The lowest BCUT2D eigenvalue weighted by molar-refractivity contribution is -0.0557. The number of rotatable bonds is 2. The highest BCUT2D eigenvalue weighted by molar-refractivity contribution is 4.94. The van der Waals surface area contributed by atoms with Gasteiger partial charge in [-0.25, -0.2) is 0 Å². The van der Waals surface area contributed by atoms with E-state index in [4.69, 9.17) is 10.5 Å². The van der Waals surface area contributed by atoms with Gasteiger partial charge in [0.1, 0.15) is 0 Å². The highest BCUT2D eigenvalue weighted by Gasteiger charge is 2.34. The van der Waals surface area contributed by atoms with Crippen LogP contribution in [0.4, 0.5) is 0 Å². The quantitative estimate of drug-likeness (QED) is 0.751. The number of hydrogen-bond donors (Lipinski definition) is 1. The molecule has 3 nitrogen and oxygen atoms in total. The fourth-order valence-electron chi connectivity index (χ4n) is 2.83. The molecule has 2 atom stereocenters. The summed E-state index contributed by atoms with van der Waals surface area (Å²) in [7, 11) is 0. The van der Waals surface area contributed by atoms with Gasteiger partial charge >= 0.3 is 0 Å². The maximum atomic E-state index is 6.42. The molecule has 0 aromatic carbocycles. The van der Waals surface area contributed by atoms with Gasteiger partial charge in [-0.05, 0) is 26.7 Å². The van der Waals surface area contributed by atoms with Gasteiger partial charge in [-0.1, -0.05) is 12.8 Å². The summed E-state index contributed by atoms with van der Waals surface area (Å²) in [4.78, 5) is 2.51. The summed E-state index contributed by atoms with van der Waals surface area (Å²) >= 11 is 0. The lowest BCUT2D eigenvalue weighted by Crippen LogP contribution is -2.55. The molecule has 15 heavy (non-hydrogen) atoms. The van der Waals surface area contributed by atoms with Crippen molar-refractivity contribution in [1.29, 1.82) is 0 Å². The molecule has 2 rings (SSSR count). The van der Waals surface area contributed by atoms with E-state index >= 15 is 0 Å². The first kappa shape index (κ1) is 11.4. The minimum absolute atomic E-state index is 0.0886. The molecule has 1 aliphatic carbocycles. The second-order valence-corrected chi connectivity index (χ2v) is 5.49. The lowest BCUT2D eigenvalue weighted by Gasteiger charge is -2.41. The van der Waals surface area contributed by atoms with Crippen LogP contribution in [0.25, 0.3) is 0 Å². The molecule has 2 aliphatic rings. The Hall–Kier alpha value is -0.120. The van der Waals surface area contributed by atoms with Crippen LogP contribution < -0.4 is 5.73 Å². The van der Waals surface area contributed by atoms with Gasteiger partial charge in [0.05, 0.1) is 12.7 Å². The summed E-state index contributed by atoms with van der Waals surface area (Å²) < 4.78 is 5.64. The number of nitrogens with two attached hydrogens (primary N) is 1. The molecule has 1 aliphatic heterocycles. The molecular formula is C12H24N2O. The molecule has 0 radical (unpaired) electrons. The fourth-order valence-corrected chi connectivity index (χ4v) is 2.83. The van der Waals surface area contributed by atoms with Crippen molar-refractivity contribution in [3.8, 4) is 0 Å². The SMILES string of the molecule is CC1CN(CC2(N)CCCC2)C(C)CO1. The van der Waals surface area contributed by atoms with E-state index in [9.17, 15) is 0 Å². The third kappa shape index (κ3) is 2.71. The Kier molecular flexibility index (Phi) is 3.33. The smallest absolute Gasteiger partial charge is 0.0674 e.